The highest BCUT2D eigenvalue weighted by Crippen LogP contribution is 2.26. The van der Waals surface area contributed by atoms with Crippen molar-refractivity contribution in [2.45, 2.75) is 26.4 Å². The van der Waals surface area contributed by atoms with Crippen LogP contribution in [-0.4, -0.2) is 16.6 Å². The lowest BCUT2D eigenvalue weighted by molar-refractivity contribution is 0.00706. The zero-order valence-electron chi connectivity index (χ0n) is 9.17. The molecule has 0 aromatic carbocycles. The molecule has 88 valence electrons. The van der Waals surface area contributed by atoms with Gasteiger partial charge in [-0.1, -0.05) is 11.6 Å². The minimum Gasteiger partial charge on any atom is -0.456 e. The molecule has 0 amide bonds. The first-order valence-electron chi connectivity index (χ1n) is 4.55. The highest BCUT2D eigenvalue weighted by atomic mass is 79.9. The molecular weight excluding hydrogens is 295 g/mol. The van der Waals surface area contributed by atoms with E-state index in [2.05, 4.69) is 20.9 Å². The Balaban J connectivity index is 3.09. The van der Waals surface area contributed by atoms with Crippen LogP contribution < -0.4 is 5.73 Å². The largest absolute Gasteiger partial charge is 0.456 e. The number of aromatic nitrogens is 1. The molecule has 0 saturated heterocycles. The molecule has 0 bridgehead atoms. The number of hydrogen-bond donors (Lipinski definition) is 1. The SMILES string of the molecule is CC(C)(C)OC(=O)c1cc(Cl)nc(Br)c1N. The van der Waals surface area contributed by atoms with E-state index in [1.165, 1.54) is 6.07 Å². The van der Waals surface area contributed by atoms with Crippen LogP contribution in [0, 0.1) is 0 Å². The van der Waals surface area contributed by atoms with Gasteiger partial charge in [-0.15, -0.1) is 0 Å². The maximum atomic E-state index is 11.8. The number of nitrogens with zero attached hydrogens (tertiary/aromatic N) is 1. The normalized spacial score (nSPS) is 11.3. The van der Waals surface area contributed by atoms with Crippen LogP contribution in [0.25, 0.3) is 0 Å². The van der Waals surface area contributed by atoms with Crippen molar-refractivity contribution >= 4 is 39.2 Å². The summed E-state index contributed by atoms with van der Waals surface area (Å²) < 4.78 is 5.52. The van der Waals surface area contributed by atoms with Crippen LogP contribution in [-0.2, 0) is 4.74 Å². The summed E-state index contributed by atoms with van der Waals surface area (Å²) in [5.41, 5.74) is 5.56. The van der Waals surface area contributed by atoms with Gasteiger partial charge in [-0.3, -0.25) is 0 Å². The van der Waals surface area contributed by atoms with Gasteiger partial charge >= 0.3 is 5.97 Å². The number of carbonyl (C=O) groups is 1. The molecule has 1 aromatic rings. The Morgan fingerprint density at radius 1 is 1.56 bits per heavy atom. The molecule has 0 spiro atoms. The van der Waals surface area contributed by atoms with E-state index in [1.807, 2.05) is 0 Å². The second-order valence-corrected chi connectivity index (χ2v) is 5.34. The molecule has 6 heteroatoms. The molecule has 0 aliphatic heterocycles. The number of ether oxygens (including phenoxy) is 1. The Morgan fingerprint density at radius 2 is 2.12 bits per heavy atom. The summed E-state index contributed by atoms with van der Waals surface area (Å²) in [6, 6.07) is 1.38. The number of pyridine rings is 1. The quantitative estimate of drug-likeness (QED) is 0.640. The first kappa shape index (κ1) is 13.3. The van der Waals surface area contributed by atoms with E-state index in [1.54, 1.807) is 20.8 Å². The van der Waals surface area contributed by atoms with Crippen LogP contribution in [0.3, 0.4) is 0 Å². The number of anilines is 1. The molecule has 16 heavy (non-hydrogen) atoms. The van der Waals surface area contributed by atoms with Gasteiger partial charge in [0.1, 0.15) is 15.4 Å². The van der Waals surface area contributed by atoms with Crippen molar-refractivity contribution in [1.82, 2.24) is 4.98 Å². The summed E-state index contributed by atoms with van der Waals surface area (Å²) in [6.07, 6.45) is 0. The van der Waals surface area contributed by atoms with Crippen molar-refractivity contribution in [3.63, 3.8) is 0 Å². The first-order chi connectivity index (χ1) is 7.20. The van der Waals surface area contributed by atoms with E-state index >= 15 is 0 Å². The van der Waals surface area contributed by atoms with E-state index in [9.17, 15) is 4.79 Å². The Labute approximate surface area is 107 Å². The van der Waals surface area contributed by atoms with Crippen LogP contribution in [0.4, 0.5) is 5.69 Å². The third-order valence-corrected chi connectivity index (χ3v) is 2.40. The van der Waals surface area contributed by atoms with Crippen molar-refractivity contribution in [1.29, 1.82) is 0 Å². The van der Waals surface area contributed by atoms with E-state index < -0.39 is 11.6 Å². The monoisotopic (exact) mass is 306 g/mol. The molecule has 0 fully saturated rings. The predicted octanol–water partition coefficient (Wildman–Crippen LogP) is 3.04. The van der Waals surface area contributed by atoms with Gasteiger partial charge in [-0.2, -0.15) is 0 Å². The average Bonchev–Trinajstić information content (AvgIpc) is 2.08. The highest BCUT2D eigenvalue weighted by molar-refractivity contribution is 9.10. The second kappa shape index (κ2) is 4.59. The lowest BCUT2D eigenvalue weighted by Gasteiger charge is -2.20. The Bertz CT molecular complexity index is 430. The fourth-order valence-electron chi connectivity index (χ4n) is 0.996. The standard InChI is InChI=1S/C10H12BrClN2O2/c1-10(2,3)16-9(15)5-4-6(12)14-8(11)7(5)13/h4H,13H2,1-3H3. The van der Waals surface area contributed by atoms with Crippen LogP contribution in [0.15, 0.2) is 10.7 Å². The number of nitrogens with two attached hydrogens (primary N) is 1. The Kier molecular flexibility index (Phi) is 3.80. The van der Waals surface area contributed by atoms with Gasteiger partial charge in [0.25, 0.3) is 0 Å². The molecular formula is C10H12BrClN2O2. The van der Waals surface area contributed by atoms with Crippen molar-refractivity contribution in [3.05, 3.63) is 21.4 Å². The summed E-state index contributed by atoms with van der Waals surface area (Å²) >= 11 is 8.85. The Hall–Kier alpha value is -0.810. The van der Waals surface area contributed by atoms with Crippen molar-refractivity contribution in [2.24, 2.45) is 0 Å². The maximum absolute atomic E-state index is 11.8. The van der Waals surface area contributed by atoms with E-state index in [0.29, 0.717) is 4.60 Å². The van der Waals surface area contributed by atoms with Gasteiger partial charge in [0.15, 0.2) is 0 Å². The third kappa shape index (κ3) is 3.35. The third-order valence-electron chi connectivity index (χ3n) is 1.60. The molecule has 1 heterocycles. The molecule has 0 radical (unpaired) electrons. The lowest BCUT2D eigenvalue weighted by Crippen LogP contribution is -2.24. The van der Waals surface area contributed by atoms with Crippen molar-refractivity contribution < 1.29 is 9.53 Å². The van der Waals surface area contributed by atoms with Crippen LogP contribution >= 0.6 is 27.5 Å². The smallest absolute Gasteiger partial charge is 0.340 e. The molecule has 1 aromatic heterocycles. The zero-order chi connectivity index (χ0) is 12.5. The molecule has 0 atom stereocenters. The van der Waals surface area contributed by atoms with E-state index in [-0.39, 0.29) is 16.4 Å². The topological polar surface area (TPSA) is 65.2 Å². The minimum atomic E-state index is -0.578. The number of esters is 1. The second-order valence-electron chi connectivity index (χ2n) is 4.20. The number of rotatable bonds is 1. The van der Waals surface area contributed by atoms with Gasteiger partial charge in [0, 0.05) is 0 Å². The van der Waals surface area contributed by atoms with Crippen LogP contribution in [0.5, 0.6) is 0 Å². The summed E-state index contributed by atoms with van der Waals surface area (Å²) in [5.74, 6) is -0.519. The molecule has 0 saturated carbocycles. The van der Waals surface area contributed by atoms with Crippen LogP contribution in [0.1, 0.15) is 31.1 Å². The maximum Gasteiger partial charge on any atom is 0.340 e. The number of halogens is 2. The van der Waals surface area contributed by atoms with E-state index in [0.717, 1.165) is 0 Å². The molecule has 1 rings (SSSR count). The van der Waals surface area contributed by atoms with Crippen LogP contribution in [0.2, 0.25) is 5.15 Å². The highest BCUT2D eigenvalue weighted by Gasteiger charge is 2.21. The average molecular weight is 308 g/mol. The molecule has 0 aliphatic carbocycles. The lowest BCUT2D eigenvalue weighted by atomic mass is 10.2. The predicted molar refractivity (Wildman–Crippen MR) is 66.5 cm³/mol. The number of carbonyl (C=O) groups excluding carboxylic acids is 1. The summed E-state index contributed by atoms with van der Waals surface area (Å²) in [6.45, 7) is 5.33. The fourth-order valence-corrected chi connectivity index (χ4v) is 1.70. The van der Waals surface area contributed by atoms with Crippen molar-refractivity contribution in [3.8, 4) is 0 Å². The zero-order valence-corrected chi connectivity index (χ0v) is 11.5. The minimum absolute atomic E-state index is 0.182. The van der Waals surface area contributed by atoms with Gasteiger partial charge in [0.2, 0.25) is 0 Å². The van der Waals surface area contributed by atoms with Gasteiger partial charge in [0.05, 0.1) is 11.3 Å². The number of nitrogen functional groups attached to an aromatic ring is 1. The van der Waals surface area contributed by atoms with Crippen molar-refractivity contribution in [2.75, 3.05) is 5.73 Å². The fraction of sp³-hybridized carbons (Fsp3) is 0.400. The van der Waals surface area contributed by atoms with E-state index in [4.69, 9.17) is 22.1 Å². The van der Waals surface area contributed by atoms with Gasteiger partial charge in [-0.05, 0) is 42.8 Å². The Morgan fingerprint density at radius 3 is 2.62 bits per heavy atom. The molecule has 0 aliphatic rings. The first-order valence-corrected chi connectivity index (χ1v) is 5.72. The summed E-state index contributed by atoms with van der Waals surface area (Å²) in [5, 5.41) is 0.182. The molecule has 0 unspecified atom stereocenters. The van der Waals surface area contributed by atoms with Gasteiger partial charge < -0.3 is 10.5 Å². The van der Waals surface area contributed by atoms with Gasteiger partial charge in [-0.25, -0.2) is 9.78 Å². The molecule has 2 N–H and O–H groups in total. The summed E-state index contributed by atoms with van der Waals surface area (Å²) in [7, 11) is 0. The number of hydrogen-bond acceptors (Lipinski definition) is 4. The molecule has 4 nitrogen and oxygen atoms in total. The summed E-state index contributed by atoms with van der Waals surface area (Å²) in [4.78, 5) is 15.6.